The first-order chi connectivity index (χ1) is 10.2. The summed E-state index contributed by atoms with van der Waals surface area (Å²) in [6, 6.07) is 12.0. The summed E-state index contributed by atoms with van der Waals surface area (Å²) < 4.78 is 6.29. The Labute approximate surface area is 133 Å². The number of methoxy groups -OCH3 is 1. The molecule has 3 nitrogen and oxygen atoms in total. The smallest absolute Gasteiger partial charge is 0.135 e. The number of fused-ring (bicyclic) bond motifs is 1. The summed E-state index contributed by atoms with van der Waals surface area (Å²) in [6.07, 6.45) is 3.25. The number of ether oxygens (including phenoxy) is 1. The molecule has 0 fully saturated rings. The summed E-state index contributed by atoms with van der Waals surface area (Å²) >= 11 is 3.47. The molecule has 0 radical (unpaired) electrons. The van der Waals surface area contributed by atoms with Crippen molar-refractivity contribution in [1.29, 1.82) is 0 Å². The van der Waals surface area contributed by atoms with Crippen molar-refractivity contribution in [2.75, 3.05) is 12.4 Å². The second-order valence-electron chi connectivity index (χ2n) is 5.32. The standard InChI is InChI=1S/C17H18BrNO2/c1-21-17-10-12(5-8-15(17)18)19-16-4-2-3-11-9-13(20)6-7-14(11)16/h5-10,16,19-20H,2-4H2,1H3. The van der Waals surface area contributed by atoms with Crippen molar-refractivity contribution in [2.45, 2.75) is 25.3 Å². The van der Waals surface area contributed by atoms with E-state index in [0.29, 0.717) is 5.75 Å². The Morgan fingerprint density at radius 1 is 1.24 bits per heavy atom. The van der Waals surface area contributed by atoms with Crippen molar-refractivity contribution in [3.05, 3.63) is 52.0 Å². The van der Waals surface area contributed by atoms with E-state index in [1.165, 1.54) is 11.1 Å². The third kappa shape index (κ3) is 3.00. The van der Waals surface area contributed by atoms with E-state index in [-0.39, 0.29) is 6.04 Å². The Balaban J connectivity index is 1.86. The Kier molecular flexibility index (Phi) is 4.06. The molecule has 2 N–H and O–H groups in total. The highest BCUT2D eigenvalue weighted by molar-refractivity contribution is 9.10. The Morgan fingerprint density at radius 2 is 2.10 bits per heavy atom. The zero-order chi connectivity index (χ0) is 14.8. The first-order valence-corrected chi connectivity index (χ1v) is 7.88. The lowest BCUT2D eigenvalue weighted by atomic mass is 9.87. The molecule has 0 aromatic heterocycles. The van der Waals surface area contributed by atoms with E-state index in [4.69, 9.17) is 4.74 Å². The van der Waals surface area contributed by atoms with E-state index < -0.39 is 0 Å². The number of nitrogens with one attached hydrogen (secondary N) is 1. The van der Waals surface area contributed by atoms with Crippen LogP contribution in [0, 0.1) is 0 Å². The lowest BCUT2D eigenvalue weighted by Crippen LogP contribution is -2.17. The van der Waals surface area contributed by atoms with Crippen LogP contribution >= 0.6 is 15.9 Å². The molecule has 1 aliphatic carbocycles. The maximum absolute atomic E-state index is 9.62. The Morgan fingerprint density at radius 3 is 2.90 bits per heavy atom. The van der Waals surface area contributed by atoms with Crippen molar-refractivity contribution in [1.82, 2.24) is 0 Å². The number of aromatic hydroxyl groups is 1. The summed E-state index contributed by atoms with van der Waals surface area (Å²) in [5, 5.41) is 13.2. The van der Waals surface area contributed by atoms with Crippen molar-refractivity contribution < 1.29 is 9.84 Å². The maximum Gasteiger partial charge on any atom is 0.135 e. The molecule has 3 rings (SSSR count). The molecule has 1 atom stereocenters. The summed E-state index contributed by atoms with van der Waals surface area (Å²) in [6.45, 7) is 0. The van der Waals surface area contributed by atoms with Gasteiger partial charge in [0.25, 0.3) is 0 Å². The van der Waals surface area contributed by atoms with Crippen molar-refractivity contribution >= 4 is 21.6 Å². The highest BCUT2D eigenvalue weighted by Gasteiger charge is 2.20. The first-order valence-electron chi connectivity index (χ1n) is 7.09. The normalized spacial score (nSPS) is 17.1. The van der Waals surface area contributed by atoms with Crippen LogP contribution in [0.25, 0.3) is 0 Å². The minimum atomic E-state index is 0.278. The minimum Gasteiger partial charge on any atom is -0.508 e. The number of phenolic OH excluding ortho intramolecular Hbond substituents is 1. The molecular weight excluding hydrogens is 330 g/mol. The van der Waals surface area contributed by atoms with Gasteiger partial charge in [0.05, 0.1) is 17.6 Å². The average molecular weight is 348 g/mol. The van der Waals surface area contributed by atoms with Gasteiger partial charge in [-0.15, -0.1) is 0 Å². The second kappa shape index (κ2) is 5.98. The predicted octanol–water partition coefficient (Wildman–Crippen LogP) is 4.65. The van der Waals surface area contributed by atoms with Crippen LogP contribution in [0.15, 0.2) is 40.9 Å². The van der Waals surface area contributed by atoms with Gasteiger partial charge in [0, 0.05) is 11.8 Å². The topological polar surface area (TPSA) is 41.5 Å². The summed E-state index contributed by atoms with van der Waals surface area (Å²) in [5.74, 6) is 1.17. The predicted molar refractivity (Wildman–Crippen MR) is 88.1 cm³/mol. The molecule has 0 saturated carbocycles. The van der Waals surface area contributed by atoms with Gasteiger partial charge in [-0.25, -0.2) is 0 Å². The zero-order valence-electron chi connectivity index (χ0n) is 11.9. The first kappa shape index (κ1) is 14.3. The number of hydrogen-bond donors (Lipinski definition) is 2. The van der Waals surface area contributed by atoms with Gasteiger partial charge < -0.3 is 15.2 Å². The summed E-state index contributed by atoms with van der Waals surface area (Å²) in [7, 11) is 1.67. The molecule has 0 heterocycles. The van der Waals surface area contributed by atoms with Crippen LogP contribution in [0.4, 0.5) is 5.69 Å². The molecule has 0 spiro atoms. The van der Waals surface area contributed by atoms with Crippen LogP contribution in [0.3, 0.4) is 0 Å². The SMILES string of the molecule is COc1cc(NC2CCCc3cc(O)ccc32)ccc1Br. The molecule has 21 heavy (non-hydrogen) atoms. The van der Waals surface area contributed by atoms with Gasteiger partial charge in [0.15, 0.2) is 0 Å². The number of phenols is 1. The number of aryl methyl sites for hydroxylation is 1. The fourth-order valence-electron chi connectivity index (χ4n) is 2.90. The Hall–Kier alpha value is -1.68. The number of benzene rings is 2. The van der Waals surface area contributed by atoms with Gasteiger partial charge in [-0.05, 0) is 70.6 Å². The van der Waals surface area contributed by atoms with Gasteiger partial charge in [-0.3, -0.25) is 0 Å². The molecule has 0 amide bonds. The molecular formula is C17H18BrNO2. The monoisotopic (exact) mass is 347 g/mol. The highest BCUT2D eigenvalue weighted by atomic mass is 79.9. The van der Waals surface area contributed by atoms with Crippen LogP contribution in [0.1, 0.15) is 30.0 Å². The maximum atomic E-state index is 9.62. The van der Waals surface area contributed by atoms with E-state index >= 15 is 0 Å². The fourth-order valence-corrected chi connectivity index (χ4v) is 3.31. The lowest BCUT2D eigenvalue weighted by Gasteiger charge is -2.27. The van der Waals surface area contributed by atoms with Crippen LogP contribution in [-0.4, -0.2) is 12.2 Å². The molecule has 0 bridgehead atoms. The zero-order valence-corrected chi connectivity index (χ0v) is 13.5. The van der Waals surface area contributed by atoms with E-state index in [1.54, 1.807) is 13.2 Å². The summed E-state index contributed by atoms with van der Waals surface area (Å²) in [4.78, 5) is 0. The number of hydrogen-bond acceptors (Lipinski definition) is 3. The molecule has 0 aliphatic heterocycles. The molecule has 4 heteroatoms. The molecule has 1 aliphatic rings. The number of rotatable bonds is 3. The fraction of sp³-hybridized carbons (Fsp3) is 0.294. The molecule has 1 unspecified atom stereocenters. The van der Waals surface area contributed by atoms with Gasteiger partial charge in [0.1, 0.15) is 11.5 Å². The van der Waals surface area contributed by atoms with Crippen molar-refractivity contribution in [2.24, 2.45) is 0 Å². The number of halogens is 1. The molecule has 0 saturated heterocycles. The van der Waals surface area contributed by atoms with Crippen molar-refractivity contribution in [3.8, 4) is 11.5 Å². The highest BCUT2D eigenvalue weighted by Crippen LogP contribution is 2.36. The Bertz CT molecular complexity index is 657. The van der Waals surface area contributed by atoms with E-state index in [0.717, 1.165) is 35.2 Å². The van der Waals surface area contributed by atoms with Crippen LogP contribution in [0.2, 0.25) is 0 Å². The van der Waals surface area contributed by atoms with Crippen LogP contribution in [0.5, 0.6) is 11.5 Å². The molecule has 110 valence electrons. The minimum absolute atomic E-state index is 0.278. The lowest BCUT2D eigenvalue weighted by molar-refractivity contribution is 0.412. The summed E-state index contributed by atoms with van der Waals surface area (Å²) in [5.41, 5.74) is 3.56. The third-order valence-electron chi connectivity index (χ3n) is 3.93. The molecule has 2 aromatic rings. The van der Waals surface area contributed by atoms with Gasteiger partial charge in [-0.1, -0.05) is 6.07 Å². The van der Waals surface area contributed by atoms with Crippen LogP contribution < -0.4 is 10.1 Å². The van der Waals surface area contributed by atoms with E-state index in [2.05, 4.69) is 21.2 Å². The van der Waals surface area contributed by atoms with Gasteiger partial charge >= 0.3 is 0 Å². The largest absolute Gasteiger partial charge is 0.508 e. The molecule has 2 aromatic carbocycles. The van der Waals surface area contributed by atoms with Crippen molar-refractivity contribution in [3.63, 3.8) is 0 Å². The van der Waals surface area contributed by atoms with Gasteiger partial charge in [0.2, 0.25) is 0 Å². The number of anilines is 1. The van der Waals surface area contributed by atoms with E-state index in [1.807, 2.05) is 30.3 Å². The van der Waals surface area contributed by atoms with E-state index in [9.17, 15) is 5.11 Å². The second-order valence-corrected chi connectivity index (χ2v) is 6.18. The van der Waals surface area contributed by atoms with Gasteiger partial charge in [-0.2, -0.15) is 0 Å². The third-order valence-corrected chi connectivity index (χ3v) is 4.59. The average Bonchev–Trinajstić information content (AvgIpc) is 2.49. The van der Waals surface area contributed by atoms with Crippen LogP contribution in [-0.2, 0) is 6.42 Å². The quantitative estimate of drug-likeness (QED) is 0.848.